The number of oxime groups is 1. The molecule has 1 saturated carbocycles. The molecule has 30 heavy (non-hydrogen) atoms. The zero-order valence-corrected chi connectivity index (χ0v) is 17.7. The summed E-state index contributed by atoms with van der Waals surface area (Å²) in [4.78, 5) is 20.7. The molecule has 1 aromatic heterocycles. The molecule has 0 spiro atoms. The van der Waals surface area contributed by atoms with E-state index in [1.54, 1.807) is 0 Å². The number of hydrogen-bond acceptors (Lipinski definition) is 4. The highest BCUT2D eigenvalue weighted by atomic mass is 16.6. The summed E-state index contributed by atoms with van der Waals surface area (Å²) in [5.41, 5.74) is 2.38. The van der Waals surface area contributed by atoms with Crippen LogP contribution in [0.3, 0.4) is 0 Å². The van der Waals surface area contributed by atoms with E-state index in [9.17, 15) is 4.79 Å². The molecular weight excluding hydrogens is 378 g/mol. The van der Waals surface area contributed by atoms with Crippen molar-refractivity contribution in [3.8, 4) is 0 Å². The van der Waals surface area contributed by atoms with E-state index < -0.39 is 5.97 Å². The van der Waals surface area contributed by atoms with Crippen molar-refractivity contribution in [3.63, 3.8) is 0 Å². The summed E-state index contributed by atoms with van der Waals surface area (Å²) in [6.07, 6.45) is 15.2. The van der Waals surface area contributed by atoms with Crippen molar-refractivity contribution >= 4 is 11.7 Å². The summed E-state index contributed by atoms with van der Waals surface area (Å²) in [5, 5.41) is 13.4. The third kappa shape index (κ3) is 7.01. The van der Waals surface area contributed by atoms with Crippen LogP contribution in [0.1, 0.15) is 69.4 Å². The van der Waals surface area contributed by atoms with Crippen LogP contribution in [0.5, 0.6) is 0 Å². The van der Waals surface area contributed by atoms with E-state index in [2.05, 4.69) is 39.0 Å². The molecule has 3 rings (SSSR count). The normalized spacial score (nSPS) is 16.3. The lowest BCUT2D eigenvalue weighted by atomic mass is 9.82. The number of carboxylic acids is 1. The average molecular weight is 412 g/mol. The average Bonchev–Trinajstić information content (AvgIpc) is 3.30. The molecule has 0 radical (unpaired) electrons. The van der Waals surface area contributed by atoms with Crippen LogP contribution in [-0.2, 0) is 16.1 Å². The zero-order valence-electron chi connectivity index (χ0n) is 17.7. The van der Waals surface area contributed by atoms with Gasteiger partial charge in [-0.15, -0.1) is 0 Å². The largest absolute Gasteiger partial charge is 0.481 e. The van der Waals surface area contributed by atoms with Gasteiger partial charge < -0.3 is 14.5 Å². The van der Waals surface area contributed by atoms with Crippen LogP contribution >= 0.6 is 0 Å². The molecule has 1 aromatic carbocycles. The molecular formula is C24H33N3O3. The lowest BCUT2D eigenvalue weighted by molar-refractivity contribution is -0.137. The van der Waals surface area contributed by atoms with Gasteiger partial charge in [0.25, 0.3) is 0 Å². The molecule has 6 nitrogen and oxygen atoms in total. The second kappa shape index (κ2) is 12.2. The van der Waals surface area contributed by atoms with E-state index in [0.717, 1.165) is 37.8 Å². The quantitative estimate of drug-likeness (QED) is 0.293. The first-order chi connectivity index (χ1) is 14.7. The molecule has 1 fully saturated rings. The number of unbranched alkanes of at least 4 members (excludes halogenated alkanes) is 2. The van der Waals surface area contributed by atoms with Crippen molar-refractivity contribution in [2.45, 2.75) is 70.3 Å². The monoisotopic (exact) mass is 411 g/mol. The molecule has 6 heteroatoms. The number of imidazole rings is 1. The fourth-order valence-corrected chi connectivity index (χ4v) is 4.20. The summed E-state index contributed by atoms with van der Waals surface area (Å²) in [6.45, 7) is 0.526. The maximum atomic E-state index is 10.6. The summed E-state index contributed by atoms with van der Waals surface area (Å²) in [6, 6.07) is 10.6. The second-order valence-corrected chi connectivity index (χ2v) is 8.10. The summed E-state index contributed by atoms with van der Waals surface area (Å²) in [7, 11) is 0. The van der Waals surface area contributed by atoms with Gasteiger partial charge in [-0.2, -0.15) is 0 Å². The first kappa shape index (κ1) is 22.1. The SMILES string of the molecule is O=C(O)CCCCCO/N=C(\C1CCCCC1)C(Cc1ccccc1)n1ccnc1. The van der Waals surface area contributed by atoms with E-state index in [1.807, 2.05) is 24.8 Å². The highest BCUT2D eigenvalue weighted by molar-refractivity contribution is 5.90. The Hall–Kier alpha value is -2.63. The van der Waals surface area contributed by atoms with Crippen molar-refractivity contribution in [3.05, 3.63) is 54.6 Å². The van der Waals surface area contributed by atoms with Gasteiger partial charge in [0, 0.05) is 24.7 Å². The molecule has 1 N–H and O–H groups in total. The van der Waals surface area contributed by atoms with E-state index in [4.69, 9.17) is 9.94 Å². The lowest BCUT2D eigenvalue weighted by Crippen LogP contribution is -2.29. The van der Waals surface area contributed by atoms with Crippen LogP contribution in [0.15, 0.2) is 54.2 Å². The van der Waals surface area contributed by atoms with E-state index >= 15 is 0 Å². The number of nitrogens with zero attached hydrogens (tertiary/aromatic N) is 3. The summed E-state index contributed by atoms with van der Waals surface area (Å²) in [5.74, 6) is -0.306. The second-order valence-electron chi connectivity index (χ2n) is 8.10. The number of aromatic nitrogens is 2. The zero-order chi connectivity index (χ0) is 21.0. The Kier molecular flexibility index (Phi) is 8.94. The third-order valence-corrected chi connectivity index (χ3v) is 5.82. The molecule has 0 saturated heterocycles. The summed E-state index contributed by atoms with van der Waals surface area (Å²) < 4.78 is 2.15. The van der Waals surface area contributed by atoms with Gasteiger partial charge in [0.15, 0.2) is 0 Å². The minimum absolute atomic E-state index is 0.0880. The Labute approximate surface area is 179 Å². The fraction of sp³-hybridized carbons (Fsp3) is 0.542. The number of hydrogen-bond donors (Lipinski definition) is 1. The molecule has 1 heterocycles. The highest BCUT2D eigenvalue weighted by Crippen LogP contribution is 2.31. The Morgan fingerprint density at radius 3 is 2.67 bits per heavy atom. The minimum Gasteiger partial charge on any atom is -0.481 e. The van der Waals surface area contributed by atoms with Gasteiger partial charge in [-0.1, -0.05) is 54.8 Å². The Morgan fingerprint density at radius 2 is 1.97 bits per heavy atom. The van der Waals surface area contributed by atoms with Crippen molar-refractivity contribution in [2.75, 3.05) is 6.61 Å². The molecule has 0 aliphatic heterocycles. The molecule has 2 aromatic rings. The van der Waals surface area contributed by atoms with Gasteiger partial charge in [-0.05, 0) is 44.1 Å². The molecule has 1 unspecified atom stereocenters. The van der Waals surface area contributed by atoms with Gasteiger partial charge in [0.2, 0.25) is 0 Å². The number of aliphatic carboxylic acids is 1. The lowest BCUT2D eigenvalue weighted by Gasteiger charge is -2.29. The van der Waals surface area contributed by atoms with Crippen LogP contribution in [0.25, 0.3) is 0 Å². The molecule has 1 aliphatic carbocycles. The molecule has 0 amide bonds. The molecule has 162 valence electrons. The maximum Gasteiger partial charge on any atom is 0.303 e. The third-order valence-electron chi connectivity index (χ3n) is 5.82. The first-order valence-corrected chi connectivity index (χ1v) is 11.2. The molecule has 1 aliphatic rings. The van der Waals surface area contributed by atoms with E-state index in [1.165, 1.54) is 24.8 Å². The van der Waals surface area contributed by atoms with Crippen molar-refractivity contribution in [1.29, 1.82) is 0 Å². The number of rotatable bonds is 12. The van der Waals surface area contributed by atoms with Crippen LogP contribution in [0.2, 0.25) is 0 Å². The van der Waals surface area contributed by atoms with Gasteiger partial charge in [0.05, 0.1) is 18.1 Å². The van der Waals surface area contributed by atoms with E-state index in [0.29, 0.717) is 18.9 Å². The Morgan fingerprint density at radius 1 is 1.17 bits per heavy atom. The van der Waals surface area contributed by atoms with Crippen LogP contribution in [0.4, 0.5) is 0 Å². The van der Waals surface area contributed by atoms with Crippen molar-refractivity contribution in [2.24, 2.45) is 11.1 Å². The molecule has 0 bridgehead atoms. The van der Waals surface area contributed by atoms with Crippen LogP contribution < -0.4 is 0 Å². The topological polar surface area (TPSA) is 76.7 Å². The van der Waals surface area contributed by atoms with Crippen LogP contribution in [0, 0.1) is 5.92 Å². The predicted octanol–water partition coefficient (Wildman–Crippen LogP) is 5.26. The van der Waals surface area contributed by atoms with Crippen LogP contribution in [-0.4, -0.2) is 32.9 Å². The first-order valence-electron chi connectivity index (χ1n) is 11.2. The Bertz CT molecular complexity index is 768. The predicted molar refractivity (Wildman–Crippen MR) is 117 cm³/mol. The number of benzene rings is 1. The smallest absolute Gasteiger partial charge is 0.303 e. The van der Waals surface area contributed by atoms with Crippen molar-refractivity contribution < 1.29 is 14.7 Å². The summed E-state index contributed by atoms with van der Waals surface area (Å²) >= 11 is 0. The number of carbonyl (C=O) groups is 1. The fourth-order valence-electron chi connectivity index (χ4n) is 4.20. The minimum atomic E-state index is -0.738. The van der Waals surface area contributed by atoms with Gasteiger partial charge >= 0.3 is 5.97 Å². The standard InChI is InChI=1S/C24H33N3O3/c28-23(29)14-8-3-9-17-30-26-24(21-12-6-2-7-13-21)22(27-16-15-25-19-27)18-20-10-4-1-5-11-20/h1,4-5,10-11,15-16,19,21-22H,2-3,6-9,12-14,17-18H2,(H,28,29)/b26-24+. The Balaban J connectivity index is 1.71. The molecule has 1 atom stereocenters. The van der Waals surface area contributed by atoms with Gasteiger partial charge in [0.1, 0.15) is 6.61 Å². The maximum absolute atomic E-state index is 10.6. The van der Waals surface area contributed by atoms with Gasteiger partial charge in [-0.3, -0.25) is 4.79 Å². The number of carboxylic acid groups (broad SMARTS) is 1. The van der Waals surface area contributed by atoms with Gasteiger partial charge in [-0.25, -0.2) is 4.98 Å². The highest BCUT2D eigenvalue weighted by Gasteiger charge is 2.28. The van der Waals surface area contributed by atoms with E-state index in [-0.39, 0.29) is 12.5 Å². The van der Waals surface area contributed by atoms with Crippen molar-refractivity contribution in [1.82, 2.24) is 9.55 Å².